The molecule has 6 heteroatoms. The quantitative estimate of drug-likeness (QED) is 0.939. The second-order valence-corrected chi connectivity index (χ2v) is 5.93. The minimum atomic E-state index is -0.110. The third-order valence-electron chi connectivity index (χ3n) is 3.96. The van der Waals surface area contributed by atoms with Crippen molar-refractivity contribution in [3.8, 4) is 0 Å². The van der Waals surface area contributed by atoms with Crippen LogP contribution in [0.25, 0.3) is 11.0 Å². The third-order valence-corrected chi connectivity index (χ3v) is 4.37. The number of hydrogen-bond donors (Lipinski definition) is 1. The highest BCUT2D eigenvalue weighted by Gasteiger charge is 2.29. The van der Waals surface area contributed by atoms with Gasteiger partial charge in [0.05, 0.1) is 31.9 Å². The minimum Gasteiger partial charge on any atom is -0.464 e. The van der Waals surface area contributed by atoms with E-state index in [4.69, 9.17) is 25.5 Å². The van der Waals surface area contributed by atoms with Crippen LogP contribution in [-0.4, -0.2) is 38.4 Å². The van der Waals surface area contributed by atoms with Gasteiger partial charge in [-0.25, -0.2) is 0 Å². The lowest BCUT2D eigenvalue weighted by Gasteiger charge is -2.17. The number of rotatable bonds is 4. The van der Waals surface area contributed by atoms with Crippen LogP contribution in [0.3, 0.4) is 0 Å². The van der Waals surface area contributed by atoms with Crippen molar-refractivity contribution in [2.45, 2.75) is 25.5 Å². The average Bonchev–Trinajstić information content (AvgIpc) is 3.07. The molecule has 1 aliphatic rings. The molecule has 0 saturated carbocycles. The Bertz CT molecular complexity index is 697. The summed E-state index contributed by atoms with van der Waals surface area (Å²) in [6.07, 6.45) is 1.75. The standard InChI is InChI=1S/C16H18ClNO4/c1-9-3-14-11(5-12(9)17)10(6-22-14)4-16(19)18-13-7-21-8-15(13)20-2/h3,5-6,13,15H,4,7-8H2,1-2H3,(H,18,19)/t13-,15-/m0/s1. The molecule has 1 aromatic heterocycles. The molecule has 0 aliphatic carbocycles. The molecule has 0 bridgehead atoms. The molecule has 1 saturated heterocycles. The van der Waals surface area contributed by atoms with E-state index in [9.17, 15) is 4.79 Å². The summed E-state index contributed by atoms with van der Waals surface area (Å²) in [4.78, 5) is 12.2. The maximum atomic E-state index is 12.2. The summed E-state index contributed by atoms with van der Waals surface area (Å²) in [5.41, 5.74) is 2.51. The van der Waals surface area contributed by atoms with Crippen molar-refractivity contribution in [1.82, 2.24) is 5.32 Å². The number of ether oxygens (including phenoxy) is 2. The molecule has 0 radical (unpaired) electrons. The Kier molecular flexibility index (Phi) is 4.38. The number of carbonyl (C=O) groups is 1. The topological polar surface area (TPSA) is 60.7 Å². The number of carbonyl (C=O) groups excluding carboxylic acids is 1. The normalized spacial score (nSPS) is 21.4. The highest BCUT2D eigenvalue weighted by atomic mass is 35.5. The number of methoxy groups -OCH3 is 1. The molecule has 5 nitrogen and oxygen atoms in total. The van der Waals surface area contributed by atoms with Crippen LogP contribution in [0.1, 0.15) is 11.1 Å². The summed E-state index contributed by atoms with van der Waals surface area (Å²) >= 11 is 6.15. The Morgan fingerprint density at radius 3 is 3.05 bits per heavy atom. The van der Waals surface area contributed by atoms with Crippen molar-refractivity contribution >= 4 is 28.5 Å². The SMILES string of the molecule is CO[C@H]1COC[C@@H]1NC(=O)Cc1coc2cc(C)c(Cl)cc12. The van der Waals surface area contributed by atoms with Crippen molar-refractivity contribution in [3.63, 3.8) is 0 Å². The highest BCUT2D eigenvalue weighted by molar-refractivity contribution is 6.32. The fourth-order valence-corrected chi connectivity index (χ4v) is 2.83. The highest BCUT2D eigenvalue weighted by Crippen LogP contribution is 2.28. The average molecular weight is 324 g/mol. The van der Waals surface area contributed by atoms with E-state index in [1.54, 1.807) is 13.4 Å². The Morgan fingerprint density at radius 1 is 1.45 bits per heavy atom. The van der Waals surface area contributed by atoms with Crippen LogP contribution < -0.4 is 5.32 Å². The number of amides is 1. The second-order valence-electron chi connectivity index (χ2n) is 5.52. The van der Waals surface area contributed by atoms with Gasteiger partial charge in [0, 0.05) is 23.1 Å². The van der Waals surface area contributed by atoms with Crippen molar-refractivity contribution in [2.24, 2.45) is 0 Å². The Labute approximate surface area is 133 Å². The number of hydrogen-bond acceptors (Lipinski definition) is 4. The zero-order valence-electron chi connectivity index (χ0n) is 12.5. The molecule has 1 N–H and O–H groups in total. The fraction of sp³-hybridized carbons (Fsp3) is 0.438. The van der Waals surface area contributed by atoms with Crippen molar-refractivity contribution in [1.29, 1.82) is 0 Å². The molecule has 1 amide bonds. The molecule has 2 aromatic rings. The first-order valence-corrected chi connectivity index (χ1v) is 7.52. The van der Waals surface area contributed by atoms with E-state index in [2.05, 4.69) is 5.32 Å². The van der Waals surface area contributed by atoms with E-state index in [1.165, 1.54) is 0 Å². The molecule has 1 aliphatic heterocycles. The lowest BCUT2D eigenvalue weighted by molar-refractivity contribution is -0.121. The molecule has 2 atom stereocenters. The van der Waals surface area contributed by atoms with Gasteiger partial charge in [-0.3, -0.25) is 4.79 Å². The van der Waals surface area contributed by atoms with Gasteiger partial charge in [0.1, 0.15) is 11.7 Å². The lowest BCUT2D eigenvalue weighted by atomic mass is 10.1. The van der Waals surface area contributed by atoms with Gasteiger partial charge in [0.2, 0.25) is 5.91 Å². The van der Waals surface area contributed by atoms with Gasteiger partial charge in [-0.15, -0.1) is 0 Å². The molecule has 1 fully saturated rings. The van der Waals surface area contributed by atoms with Crippen molar-refractivity contribution in [2.75, 3.05) is 20.3 Å². The van der Waals surface area contributed by atoms with Gasteiger partial charge < -0.3 is 19.2 Å². The van der Waals surface area contributed by atoms with Crippen LogP contribution >= 0.6 is 11.6 Å². The summed E-state index contributed by atoms with van der Waals surface area (Å²) in [6, 6.07) is 3.61. The zero-order chi connectivity index (χ0) is 15.7. The van der Waals surface area contributed by atoms with Crippen LogP contribution in [0.2, 0.25) is 5.02 Å². The summed E-state index contributed by atoms with van der Waals surface area (Å²) < 4.78 is 16.1. The van der Waals surface area contributed by atoms with Gasteiger partial charge in [0.15, 0.2) is 0 Å². The van der Waals surface area contributed by atoms with E-state index in [0.29, 0.717) is 18.2 Å². The molecular formula is C16H18ClNO4. The molecule has 1 aromatic carbocycles. The lowest BCUT2D eigenvalue weighted by Crippen LogP contribution is -2.43. The summed E-state index contributed by atoms with van der Waals surface area (Å²) in [5, 5.41) is 4.48. The van der Waals surface area contributed by atoms with E-state index in [0.717, 1.165) is 22.1 Å². The Balaban J connectivity index is 1.73. The molecule has 118 valence electrons. The van der Waals surface area contributed by atoms with Crippen LogP contribution in [0.4, 0.5) is 0 Å². The van der Waals surface area contributed by atoms with Gasteiger partial charge in [-0.1, -0.05) is 11.6 Å². The minimum absolute atomic E-state index is 0.0862. The van der Waals surface area contributed by atoms with Gasteiger partial charge in [-0.2, -0.15) is 0 Å². The van der Waals surface area contributed by atoms with Crippen LogP contribution in [0.15, 0.2) is 22.8 Å². The zero-order valence-corrected chi connectivity index (χ0v) is 13.3. The largest absolute Gasteiger partial charge is 0.464 e. The monoisotopic (exact) mass is 323 g/mol. The summed E-state index contributed by atoms with van der Waals surface area (Å²) in [5.74, 6) is -0.0862. The van der Waals surface area contributed by atoms with E-state index in [-0.39, 0.29) is 24.5 Å². The van der Waals surface area contributed by atoms with Crippen LogP contribution in [0.5, 0.6) is 0 Å². The number of furan rings is 1. The molecule has 2 heterocycles. The number of halogens is 1. The first-order chi connectivity index (χ1) is 10.6. The molecule has 0 spiro atoms. The van der Waals surface area contributed by atoms with Gasteiger partial charge in [-0.05, 0) is 24.6 Å². The predicted molar refractivity (Wildman–Crippen MR) is 83.2 cm³/mol. The van der Waals surface area contributed by atoms with Gasteiger partial charge >= 0.3 is 0 Å². The first-order valence-electron chi connectivity index (χ1n) is 7.14. The maximum Gasteiger partial charge on any atom is 0.224 e. The van der Waals surface area contributed by atoms with Gasteiger partial charge in [0.25, 0.3) is 0 Å². The maximum absolute atomic E-state index is 12.2. The second kappa shape index (κ2) is 6.28. The first kappa shape index (κ1) is 15.3. The Hall–Kier alpha value is -1.56. The molecule has 3 rings (SSSR count). The molecule has 0 unspecified atom stereocenters. The third kappa shape index (κ3) is 2.97. The Morgan fingerprint density at radius 2 is 2.27 bits per heavy atom. The number of fused-ring (bicyclic) bond motifs is 1. The number of aryl methyl sites for hydroxylation is 1. The molecular weight excluding hydrogens is 306 g/mol. The smallest absolute Gasteiger partial charge is 0.224 e. The van der Waals surface area contributed by atoms with E-state index < -0.39 is 0 Å². The summed E-state index contributed by atoms with van der Waals surface area (Å²) in [6.45, 7) is 2.90. The van der Waals surface area contributed by atoms with Crippen molar-refractivity contribution in [3.05, 3.63) is 34.5 Å². The van der Waals surface area contributed by atoms with Crippen molar-refractivity contribution < 1.29 is 18.7 Å². The number of nitrogens with one attached hydrogen (secondary N) is 1. The fourth-order valence-electron chi connectivity index (χ4n) is 2.67. The molecule has 22 heavy (non-hydrogen) atoms. The van der Waals surface area contributed by atoms with Crippen LogP contribution in [0, 0.1) is 6.92 Å². The predicted octanol–water partition coefficient (Wildman–Crippen LogP) is 2.47. The summed E-state index contributed by atoms with van der Waals surface area (Å²) in [7, 11) is 1.62. The van der Waals surface area contributed by atoms with E-state index >= 15 is 0 Å². The van der Waals surface area contributed by atoms with Crippen LogP contribution in [-0.2, 0) is 20.7 Å². The number of benzene rings is 1. The van der Waals surface area contributed by atoms with E-state index in [1.807, 2.05) is 19.1 Å².